The van der Waals surface area contributed by atoms with Crippen LogP contribution in [0.3, 0.4) is 0 Å². The van der Waals surface area contributed by atoms with Crippen LogP contribution in [0.25, 0.3) is 0 Å². The molecule has 2 atom stereocenters. The van der Waals surface area contributed by atoms with E-state index in [9.17, 15) is 14.7 Å². The molecule has 0 aliphatic carbocycles. The van der Waals surface area contributed by atoms with Gasteiger partial charge in [-0.3, -0.25) is 9.59 Å². The van der Waals surface area contributed by atoms with Crippen LogP contribution in [0, 0.1) is 5.92 Å². The van der Waals surface area contributed by atoms with Gasteiger partial charge in [-0.15, -0.1) is 0 Å². The SMILES string of the molecule is CC(=O)NC(C(=O)NCC(O)c1ccc(Cl)cc1Cl)C(C)C. The molecular weight excluding hydrogens is 327 g/mol. The van der Waals surface area contributed by atoms with E-state index in [-0.39, 0.29) is 24.3 Å². The molecule has 0 saturated carbocycles. The number of halogens is 2. The zero-order valence-electron chi connectivity index (χ0n) is 12.7. The van der Waals surface area contributed by atoms with E-state index in [1.807, 2.05) is 13.8 Å². The third-order valence-corrected chi connectivity index (χ3v) is 3.66. The lowest BCUT2D eigenvalue weighted by Gasteiger charge is -2.22. The van der Waals surface area contributed by atoms with Crippen LogP contribution in [0.4, 0.5) is 0 Å². The predicted molar refractivity (Wildman–Crippen MR) is 86.9 cm³/mol. The van der Waals surface area contributed by atoms with E-state index < -0.39 is 12.1 Å². The molecule has 2 amide bonds. The van der Waals surface area contributed by atoms with E-state index in [0.29, 0.717) is 15.6 Å². The summed E-state index contributed by atoms with van der Waals surface area (Å²) in [5.74, 6) is -0.704. The molecule has 3 N–H and O–H groups in total. The van der Waals surface area contributed by atoms with Gasteiger partial charge in [-0.2, -0.15) is 0 Å². The Morgan fingerprint density at radius 1 is 1.27 bits per heavy atom. The van der Waals surface area contributed by atoms with E-state index in [1.165, 1.54) is 13.0 Å². The van der Waals surface area contributed by atoms with Crippen LogP contribution < -0.4 is 10.6 Å². The first-order valence-corrected chi connectivity index (χ1v) is 7.65. The van der Waals surface area contributed by atoms with Gasteiger partial charge in [0.1, 0.15) is 6.04 Å². The fourth-order valence-corrected chi connectivity index (χ4v) is 2.48. The molecule has 1 rings (SSSR count). The number of aliphatic hydroxyl groups is 1. The highest BCUT2D eigenvalue weighted by atomic mass is 35.5. The molecule has 7 heteroatoms. The number of nitrogens with one attached hydrogen (secondary N) is 2. The van der Waals surface area contributed by atoms with Crippen molar-refractivity contribution in [2.24, 2.45) is 5.92 Å². The van der Waals surface area contributed by atoms with Gasteiger partial charge in [0, 0.05) is 29.1 Å². The normalized spacial score (nSPS) is 13.6. The Morgan fingerprint density at radius 3 is 2.41 bits per heavy atom. The fourth-order valence-electron chi connectivity index (χ4n) is 1.94. The molecule has 1 aromatic carbocycles. The molecule has 122 valence electrons. The van der Waals surface area contributed by atoms with Gasteiger partial charge in [-0.1, -0.05) is 43.1 Å². The molecule has 0 radical (unpaired) electrons. The van der Waals surface area contributed by atoms with E-state index >= 15 is 0 Å². The molecule has 0 spiro atoms. The number of amides is 2. The first-order chi connectivity index (χ1) is 10.2. The molecule has 2 unspecified atom stereocenters. The van der Waals surface area contributed by atoms with Crippen LogP contribution in [0.1, 0.15) is 32.4 Å². The maximum atomic E-state index is 12.1. The van der Waals surface area contributed by atoms with Crippen LogP contribution in [-0.2, 0) is 9.59 Å². The van der Waals surface area contributed by atoms with Gasteiger partial charge in [0.05, 0.1) is 6.10 Å². The maximum Gasteiger partial charge on any atom is 0.242 e. The number of rotatable bonds is 6. The zero-order valence-corrected chi connectivity index (χ0v) is 14.2. The largest absolute Gasteiger partial charge is 0.387 e. The summed E-state index contributed by atoms with van der Waals surface area (Å²) in [5.41, 5.74) is 0.479. The molecule has 0 aliphatic rings. The molecule has 5 nitrogen and oxygen atoms in total. The Kier molecular flexibility index (Phi) is 7.13. The third kappa shape index (κ3) is 5.48. The van der Waals surface area contributed by atoms with Crippen molar-refractivity contribution in [2.75, 3.05) is 6.54 Å². The van der Waals surface area contributed by atoms with Crippen molar-refractivity contribution in [3.05, 3.63) is 33.8 Å². The lowest BCUT2D eigenvalue weighted by atomic mass is 10.0. The van der Waals surface area contributed by atoms with Crippen LogP contribution in [0.15, 0.2) is 18.2 Å². The van der Waals surface area contributed by atoms with Crippen molar-refractivity contribution in [1.82, 2.24) is 10.6 Å². The monoisotopic (exact) mass is 346 g/mol. The molecule has 22 heavy (non-hydrogen) atoms. The highest BCUT2D eigenvalue weighted by Gasteiger charge is 2.23. The lowest BCUT2D eigenvalue weighted by Crippen LogP contribution is -2.49. The van der Waals surface area contributed by atoms with Crippen molar-refractivity contribution in [3.8, 4) is 0 Å². The lowest BCUT2D eigenvalue weighted by molar-refractivity contribution is -0.129. The molecule has 0 fully saturated rings. The quantitative estimate of drug-likeness (QED) is 0.739. The van der Waals surface area contributed by atoms with Gasteiger partial charge < -0.3 is 15.7 Å². The minimum Gasteiger partial charge on any atom is -0.387 e. The van der Waals surface area contributed by atoms with E-state index in [1.54, 1.807) is 12.1 Å². The number of aliphatic hydroxyl groups excluding tert-OH is 1. The Hall–Kier alpha value is -1.30. The maximum absolute atomic E-state index is 12.1. The number of hydrogen-bond donors (Lipinski definition) is 3. The minimum absolute atomic E-state index is 0.0109. The first kappa shape index (κ1) is 18.7. The standard InChI is InChI=1S/C15H20Cl2N2O3/c1-8(2)14(19-9(3)20)15(22)18-7-13(21)11-5-4-10(16)6-12(11)17/h4-6,8,13-14,21H,7H2,1-3H3,(H,18,22)(H,19,20). The Morgan fingerprint density at radius 2 is 1.91 bits per heavy atom. The number of carbonyl (C=O) groups is 2. The van der Waals surface area contributed by atoms with E-state index in [0.717, 1.165) is 0 Å². The van der Waals surface area contributed by atoms with Crippen molar-refractivity contribution in [2.45, 2.75) is 32.9 Å². The number of hydrogen-bond acceptors (Lipinski definition) is 3. The topological polar surface area (TPSA) is 78.4 Å². The molecule has 0 bridgehead atoms. The van der Waals surface area contributed by atoms with Crippen LogP contribution >= 0.6 is 23.2 Å². The van der Waals surface area contributed by atoms with E-state index in [2.05, 4.69) is 10.6 Å². The van der Waals surface area contributed by atoms with Crippen LogP contribution in [0.2, 0.25) is 10.0 Å². The number of benzene rings is 1. The molecule has 0 aromatic heterocycles. The average molecular weight is 347 g/mol. The highest BCUT2D eigenvalue weighted by molar-refractivity contribution is 6.35. The fraction of sp³-hybridized carbons (Fsp3) is 0.467. The molecule has 1 aromatic rings. The first-order valence-electron chi connectivity index (χ1n) is 6.90. The average Bonchev–Trinajstić information content (AvgIpc) is 2.41. The highest BCUT2D eigenvalue weighted by Crippen LogP contribution is 2.25. The molecule has 0 aliphatic heterocycles. The summed E-state index contributed by atoms with van der Waals surface area (Å²) in [4.78, 5) is 23.2. The van der Waals surface area contributed by atoms with Gasteiger partial charge in [0.15, 0.2) is 0 Å². The predicted octanol–water partition coefficient (Wildman–Crippen LogP) is 2.30. The van der Waals surface area contributed by atoms with Crippen molar-refractivity contribution >= 4 is 35.0 Å². The molecule has 0 saturated heterocycles. The van der Waals surface area contributed by atoms with Crippen LogP contribution in [0.5, 0.6) is 0 Å². The number of carbonyl (C=O) groups excluding carboxylic acids is 2. The third-order valence-electron chi connectivity index (χ3n) is 3.10. The summed E-state index contributed by atoms with van der Waals surface area (Å²) in [6, 6.07) is 4.10. The minimum atomic E-state index is -0.959. The van der Waals surface area contributed by atoms with Gasteiger partial charge >= 0.3 is 0 Å². The second-order valence-electron chi connectivity index (χ2n) is 5.35. The van der Waals surface area contributed by atoms with Gasteiger partial charge in [-0.25, -0.2) is 0 Å². The van der Waals surface area contributed by atoms with E-state index in [4.69, 9.17) is 23.2 Å². The van der Waals surface area contributed by atoms with Crippen molar-refractivity contribution in [3.63, 3.8) is 0 Å². The molecule has 0 heterocycles. The summed E-state index contributed by atoms with van der Waals surface area (Å²) < 4.78 is 0. The summed E-state index contributed by atoms with van der Waals surface area (Å²) in [6.07, 6.45) is -0.959. The van der Waals surface area contributed by atoms with Gasteiger partial charge in [0.2, 0.25) is 11.8 Å². The second kappa shape index (κ2) is 8.36. The van der Waals surface area contributed by atoms with Crippen molar-refractivity contribution < 1.29 is 14.7 Å². The van der Waals surface area contributed by atoms with Gasteiger partial charge in [-0.05, 0) is 18.1 Å². The van der Waals surface area contributed by atoms with Crippen LogP contribution in [-0.4, -0.2) is 29.5 Å². The van der Waals surface area contributed by atoms with Crippen molar-refractivity contribution in [1.29, 1.82) is 0 Å². The summed E-state index contributed by atoms with van der Waals surface area (Å²) >= 11 is 11.8. The Bertz CT molecular complexity index is 550. The smallest absolute Gasteiger partial charge is 0.242 e. The Labute approximate surface area is 140 Å². The second-order valence-corrected chi connectivity index (χ2v) is 6.19. The Balaban J connectivity index is 2.67. The summed E-state index contributed by atoms with van der Waals surface area (Å²) in [5, 5.41) is 16.1. The summed E-state index contributed by atoms with van der Waals surface area (Å²) in [7, 11) is 0. The van der Waals surface area contributed by atoms with Gasteiger partial charge in [0.25, 0.3) is 0 Å². The molecular formula is C15H20Cl2N2O3. The summed E-state index contributed by atoms with van der Waals surface area (Å²) in [6.45, 7) is 4.99. The zero-order chi connectivity index (χ0) is 16.9.